The maximum absolute atomic E-state index is 12.2. The van der Waals surface area contributed by atoms with Crippen molar-refractivity contribution in [3.05, 3.63) is 0 Å². The molecule has 0 aliphatic carbocycles. The Morgan fingerprint density at radius 1 is 1.53 bits per heavy atom. The number of amides is 1. The van der Waals surface area contributed by atoms with Gasteiger partial charge >= 0.3 is 0 Å². The van der Waals surface area contributed by atoms with E-state index < -0.39 is 0 Å². The highest BCUT2D eigenvalue weighted by atomic mass is 16.2. The van der Waals surface area contributed by atoms with Crippen LogP contribution in [0.25, 0.3) is 0 Å². The first kappa shape index (κ1) is 14.5. The van der Waals surface area contributed by atoms with Gasteiger partial charge in [-0.05, 0) is 38.8 Å². The summed E-state index contributed by atoms with van der Waals surface area (Å²) in [6, 6.07) is -0.00769. The van der Waals surface area contributed by atoms with Gasteiger partial charge in [0.25, 0.3) is 0 Å². The zero-order chi connectivity index (χ0) is 13.0. The molecular weight excluding hydrogens is 214 g/mol. The van der Waals surface area contributed by atoms with Crippen molar-refractivity contribution >= 4 is 5.91 Å². The molecule has 17 heavy (non-hydrogen) atoms. The molecule has 1 aliphatic rings. The minimum atomic E-state index is -0.341. The van der Waals surface area contributed by atoms with Gasteiger partial charge in [0.2, 0.25) is 5.91 Å². The van der Waals surface area contributed by atoms with Gasteiger partial charge in [-0.2, -0.15) is 0 Å². The minimum Gasteiger partial charge on any atom is -0.340 e. The summed E-state index contributed by atoms with van der Waals surface area (Å²) in [6.07, 6.45) is 3.03. The maximum Gasteiger partial charge on any atom is 0.239 e. The Bertz CT molecular complexity index is 255. The van der Waals surface area contributed by atoms with Crippen molar-refractivity contribution in [2.24, 2.45) is 11.7 Å². The second-order valence-electron chi connectivity index (χ2n) is 5.74. The molecular formula is C13H27N3O. The van der Waals surface area contributed by atoms with Crippen LogP contribution in [-0.2, 0) is 4.79 Å². The fourth-order valence-electron chi connectivity index (χ4n) is 2.51. The lowest BCUT2D eigenvalue weighted by molar-refractivity contribution is -0.134. The van der Waals surface area contributed by atoms with Crippen LogP contribution in [-0.4, -0.2) is 55.0 Å². The molecule has 1 saturated heterocycles. The van der Waals surface area contributed by atoms with Crippen molar-refractivity contribution in [3.63, 3.8) is 0 Å². The molecule has 2 atom stereocenters. The molecule has 0 aromatic rings. The highest BCUT2D eigenvalue weighted by molar-refractivity contribution is 5.81. The number of nitrogens with zero attached hydrogens (tertiary/aromatic N) is 2. The Morgan fingerprint density at radius 2 is 2.18 bits per heavy atom. The van der Waals surface area contributed by atoms with E-state index in [0.717, 1.165) is 32.4 Å². The number of likely N-dealkylation sites (tertiary alicyclic amines) is 1. The Kier molecular flexibility index (Phi) is 5.40. The second kappa shape index (κ2) is 6.36. The zero-order valence-corrected chi connectivity index (χ0v) is 11.6. The molecule has 1 unspecified atom stereocenters. The van der Waals surface area contributed by atoms with Crippen molar-refractivity contribution in [2.75, 3.05) is 27.2 Å². The number of hydrogen-bond donors (Lipinski definition) is 1. The molecule has 0 spiro atoms. The van der Waals surface area contributed by atoms with Crippen LogP contribution < -0.4 is 5.73 Å². The molecule has 1 rings (SSSR count). The van der Waals surface area contributed by atoms with E-state index in [4.69, 9.17) is 5.73 Å². The minimum absolute atomic E-state index is 0.0963. The molecule has 0 aromatic heterocycles. The highest BCUT2D eigenvalue weighted by Crippen LogP contribution is 2.15. The van der Waals surface area contributed by atoms with Crippen LogP contribution in [0.5, 0.6) is 0 Å². The number of rotatable bonds is 4. The molecule has 4 heteroatoms. The van der Waals surface area contributed by atoms with E-state index in [-0.39, 0.29) is 11.9 Å². The summed E-state index contributed by atoms with van der Waals surface area (Å²) in [6.45, 7) is 6.30. The van der Waals surface area contributed by atoms with Crippen molar-refractivity contribution < 1.29 is 4.79 Å². The van der Waals surface area contributed by atoms with E-state index in [1.54, 1.807) is 0 Å². The van der Waals surface area contributed by atoms with Crippen LogP contribution in [0, 0.1) is 5.92 Å². The number of hydrogen-bond acceptors (Lipinski definition) is 3. The smallest absolute Gasteiger partial charge is 0.239 e. The van der Waals surface area contributed by atoms with Crippen molar-refractivity contribution in [1.29, 1.82) is 0 Å². The largest absolute Gasteiger partial charge is 0.340 e. The van der Waals surface area contributed by atoms with Crippen LogP contribution in [0.15, 0.2) is 0 Å². The number of carbonyl (C=O) groups excluding carboxylic acids is 1. The summed E-state index contributed by atoms with van der Waals surface area (Å²) < 4.78 is 0. The average molecular weight is 241 g/mol. The Morgan fingerprint density at radius 3 is 2.71 bits per heavy atom. The molecule has 0 radical (unpaired) electrons. The fraction of sp³-hybridized carbons (Fsp3) is 0.923. The van der Waals surface area contributed by atoms with Crippen LogP contribution >= 0.6 is 0 Å². The quantitative estimate of drug-likeness (QED) is 0.796. The van der Waals surface area contributed by atoms with Crippen LogP contribution in [0.3, 0.4) is 0 Å². The van der Waals surface area contributed by atoms with E-state index in [1.165, 1.54) is 0 Å². The molecule has 1 aliphatic heterocycles. The van der Waals surface area contributed by atoms with Gasteiger partial charge in [-0.1, -0.05) is 13.8 Å². The van der Waals surface area contributed by atoms with E-state index >= 15 is 0 Å². The third kappa shape index (κ3) is 4.28. The van der Waals surface area contributed by atoms with Gasteiger partial charge in [-0.25, -0.2) is 0 Å². The number of nitrogens with two attached hydrogens (primary N) is 1. The summed E-state index contributed by atoms with van der Waals surface area (Å²) in [4.78, 5) is 16.3. The highest BCUT2D eigenvalue weighted by Gasteiger charge is 2.27. The summed E-state index contributed by atoms with van der Waals surface area (Å²) >= 11 is 0. The maximum atomic E-state index is 12.2. The van der Waals surface area contributed by atoms with Crippen molar-refractivity contribution in [1.82, 2.24) is 9.80 Å². The second-order valence-corrected chi connectivity index (χ2v) is 5.74. The average Bonchev–Trinajstić information content (AvgIpc) is 2.26. The predicted octanol–water partition coefficient (Wildman–Crippen LogP) is 0.912. The first-order valence-corrected chi connectivity index (χ1v) is 6.62. The van der Waals surface area contributed by atoms with E-state index in [2.05, 4.69) is 25.8 Å². The first-order valence-electron chi connectivity index (χ1n) is 6.62. The number of likely N-dealkylation sites (N-methyl/N-ethyl adjacent to an activating group) is 2. The molecule has 1 amide bonds. The molecule has 0 bridgehead atoms. The molecule has 0 saturated carbocycles. The van der Waals surface area contributed by atoms with E-state index in [0.29, 0.717) is 12.0 Å². The van der Waals surface area contributed by atoms with Gasteiger partial charge in [0.1, 0.15) is 0 Å². The summed E-state index contributed by atoms with van der Waals surface area (Å²) in [5, 5.41) is 0. The molecule has 4 nitrogen and oxygen atoms in total. The Balaban J connectivity index is 2.50. The van der Waals surface area contributed by atoms with E-state index in [1.807, 2.05) is 11.9 Å². The standard InChI is InChI=1S/C13H27N3O/c1-10(2)8-12(14)13(17)16(4)11-6-5-7-15(3)9-11/h10-12H,5-9,14H2,1-4H3/t11?,12-/m1/s1. The summed E-state index contributed by atoms with van der Waals surface area (Å²) in [7, 11) is 4.00. The van der Waals surface area contributed by atoms with Crippen LogP contribution in [0.1, 0.15) is 33.1 Å². The first-order chi connectivity index (χ1) is 7.91. The van der Waals surface area contributed by atoms with Gasteiger partial charge < -0.3 is 15.5 Å². The third-order valence-electron chi connectivity index (χ3n) is 3.54. The topological polar surface area (TPSA) is 49.6 Å². The third-order valence-corrected chi connectivity index (χ3v) is 3.54. The SMILES string of the molecule is CC(C)C[C@@H](N)C(=O)N(C)C1CCCN(C)C1. The van der Waals surface area contributed by atoms with Crippen molar-refractivity contribution in [2.45, 2.75) is 45.2 Å². The number of carbonyl (C=O) groups is 1. The normalized spacial score (nSPS) is 23.8. The monoisotopic (exact) mass is 241 g/mol. The molecule has 1 fully saturated rings. The van der Waals surface area contributed by atoms with Crippen LogP contribution in [0.4, 0.5) is 0 Å². The Labute approximate surface area is 105 Å². The summed E-state index contributed by atoms with van der Waals surface area (Å²) in [5.74, 6) is 0.565. The number of piperidine rings is 1. The van der Waals surface area contributed by atoms with Crippen LogP contribution in [0.2, 0.25) is 0 Å². The van der Waals surface area contributed by atoms with Gasteiger partial charge in [-0.3, -0.25) is 4.79 Å². The molecule has 1 heterocycles. The lowest BCUT2D eigenvalue weighted by Gasteiger charge is -2.37. The summed E-state index contributed by atoms with van der Waals surface area (Å²) in [5.41, 5.74) is 5.96. The van der Waals surface area contributed by atoms with Crippen molar-refractivity contribution in [3.8, 4) is 0 Å². The predicted molar refractivity (Wildman–Crippen MR) is 70.7 cm³/mol. The van der Waals surface area contributed by atoms with E-state index in [9.17, 15) is 4.79 Å². The zero-order valence-electron chi connectivity index (χ0n) is 11.6. The molecule has 0 aromatic carbocycles. The van der Waals surface area contributed by atoms with Gasteiger partial charge in [0.15, 0.2) is 0 Å². The van der Waals surface area contributed by atoms with Gasteiger partial charge in [0.05, 0.1) is 6.04 Å². The Hall–Kier alpha value is -0.610. The molecule has 100 valence electrons. The fourth-order valence-corrected chi connectivity index (χ4v) is 2.51. The lowest BCUT2D eigenvalue weighted by Crippen LogP contribution is -2.52. The molecule has 2 N–H and O–H groups in total. The van der Waals surface area contributed by atoms with Gasteiger partial charge in [-0.15, -0.1) is 0 Å². The van der Waals surface area contributed by atoms with Gasteiger partial charge in [0, 0.05) is 19.6 Å². The lowest BCUT2D eigenvalue weighted by atomic mass is 10.0.